The molecular weight excluding hydrogens is 275 g/mol. The molecule has 0 saturated carbocycles. The molecule has 1 aromatic carbocycles. The van der Waals surface area contributed by atoms with Crippen molar-refractivity contribution < 1.29 is 14.0 Å². The van der Waals surface area contributed by atoms with Gasteiger partial charge in [-0.3, -0.25) is 9.59 Å². The molecule has 2 N–H and O–H groups in total. The molecular formula is C14H15FN4O2. The van der Waals surface area contributed by atoms with Gasteiger partial charge < -0.3 is 0 Å². The quantitative estimate of drug-likeness (QED) is 0.630. The van der Waals surface area contributed by atoms with Crippen molar-refractivity contribution in [1.29, 1.82) is 0 Å². The lowest BCUT2D eigenvalue weighted by Gasteiger charge is -2.06. The fourth-order valence-electron chi connectivity index (χ4n) is 1.91. The van der Waals surface area contributed by atoms with E-state index >= 15 is 0 Å². The van der Waals surface area contributed by atoms with Crippen molar-refractivity contribution in [2.45, 2.75) is 19.8 Å². The molecule has 1 aromatic rings. The molecule has 6 nitrogen and oxygen atoms in total. The molecule has 1 aliphatic rings. The fraction of sp³-hybridized carbons (Fsp3) is 0.286. The second-order valence-electron chi connectivity index (χ2n) is 4.64. The van der Waals surface area contributed by atoms with E-state index in [2.05, 4.69) is 21.1 Å². The van der Waals surface area contributed by atoms with Gasteiger partial charge in [0, 0.05) is 17.7 Å². The molecule has 0 aromatic heterocycles. The number of halogens is 1. The number of hydrogen-bond donors (Lipinski definition) is 2. The molecule has 21 heavy (non-hydrogen) atoms. The zero-order valence-electron chi connectivity index (χ0n) is 11.5. The van der Waals surface area contributed by atoms with Gasteiger partial charge in [-0.2, -0.15) is 10.2 Å². The summed E-state index contributed by atoms with van der Waals surface area (Å²) in [5.41, 5.74) is 5.62. The van der Waals surface area contributed by atoms with E-state index in [0.717, 1.165) is 0 Å². The summed E-state index contributed by atoms with van der Waals surface area (Å²) in [5.74, 6) is -1.32. The number of carbonyl (C=O) groups excluding carboxylic acids is 2. The summed E-state index contributed by atoms with van der Waals surface area (Å²) in [6, 6.07) is 6.10. The normalized spacial score (nSPS) is 17.7. The standard InChI is InChI=1S/C14H15FN4O2/c1-9-11(14(21)19-17-9)6-7-13(20)18-16-8-10-4-2-3-5-12(10)15/h2-5,8,11H,6-7H2,1H3,(H,18,20)(H,19,21)/b16-8-/t11-/m0/s1. The number of nitrogens with one attached hydrogen (secondary N) is 2. The minimum absolute atomic E-state index is 0.138. The van der Waals surface area contributed by atoms with Crippen LogP contribution in [0.4, 0.5) is 4.39 Å². The Morgan fingerprint density at radius 1 is 1.52 bits per heavy atom. The van der Waals surface area contributed by atoms with Crippen molar-refractivity contribution >= 4 is 23.7 Å². The predicted molar refractivity (Wildman–Crippen MR) is 76.1 cm³/mol. The molecule has 0 unspecified atom stereocenters. The maximum Gasteiger partial charge on any atom is 0.248 e. The maximum atomic E-state index is 13.3. The maximum absolute atomic E-state index is 13.3. The molecule has 1 aliphatic heterocycles. The van der Waals surface area contributed by atoms with Gasteiger partial charge in [-0.25, -0.2) is 15.2 Å². The fourth-order valence-corrected chi connectivity index (χ4v) is 1.91. The third kappa shape index (κ3) is 3.95. The van der Waals surface area contributed by atoms with Gasteiger partial charge in [0.05, 0.1) is 12.1 Å². The first-order valence-electron chi connectivity index (χ1n) is 6.48. The summed E-state index contributed by atoms with van der Waals surface area (Å²) in [5, 5.41) is 7.49. The lowest BCUT2D eigenvalue weighted by atomic mass is 9.99. The average molecular weight is 290 g/mol. The Labute approximate surface area is 121 Å². The van der Waals surface area contributed by atoms with Crippen LogP contribution in [0.25, 0.3) is 0 Å². The predicted octanol–water partition coefficient (Wildman–Crippen LogP) is 1.18. The van der Waals surface area contributed by atoms with E-state index in [1.165, 1.54) is 12.3 Å². The molecule has 0 fully saturated rings. The number of rotatable bonds is 5. The highest BCUT2D eigenvalue weighted by molar-refractivity contribution is 6.07. The summed E-state index contributed by atoms with van der Waals surface area (Å²) in [4.78, 5) is 23.0. The van der Waals surface area contributed by atoms with E-state index in [4.69, 9.17) is 0 Å². The van der Waals surface area contributed by atoms with Crippen LogP contribution in [0, 0.1) is 11.7 Å². The van der Waals surface area contributed by atoms with Crippen LogP contribution in [-0.4, -0.2) is 23.7 Å². The molecule has 0 spiro atoms. The Balaban J connectivity index is 1.79. The Morgan fingerprint density at radius 2 is 2.29 bits per heavy atom. The molecule has 0 bridgehead atoms. The van der Waals surface area contributed by atoms with Crippen LogP contribution in [0.2, 0.25) is 0 Å². The SMILES string of the molecule is CC1=NNC(=O)[C@H]1CCC(=O)N/N=C\c1ccccc1F. The van der Waals surface area contributed by atoms with E-state index in [9.17, 15) is 14.0 Å². The summed E-state index contributed by atoms with van der Waals surface area (Å²) in [6.45, 7) is 1.73. The van der Waals surface area contributed by atoms with Gasteiger partial charge >= 0.3 is 0 Å². The molecule has 0 saturated heterocycles. The van der Waals surface area contributed by atoms with E-state index in [-0.39, 0.29) is 29.7 Å². The van der Waals surface area contributed by atoms with Crippen LogP contribution >= 0.6 is 0 Å². The van der Waals surface area contributed by atoms with Crippen molar-refractivity contribution in [2.75, 3.05) is 0 Å². The van der Waals surface area contributed by atoms with Crippen LogP contribution in [0.3, 0.4) is 0 Å². The number of nitrogens with zero attached hydrogens (tertiary/aromatic N) is 2. The molecule has 1 heterocycles. The van der Waals surface area contributed by atoms with Crippen LogP contribution in [0.5, 0.6) is 0 Å². The minimum Gasteiger partial charge on any atom is -0.273 e. The molecule has 0 aliphatic carbocycles. The van der Waals surface area contributed by atoms with E-state index in [1.807, 2.05) is 0 Å². The molecule has 2 amide bonds. The molecule has 1 atom stereocenters. The second kappa shape index (κ2) is 6.74. The Hall–Kier alpha value is -2.57. The van der Waals surface area contributed by atoms with E-state index in [0.29, 0.717) is 12.1 Å². The largest absolute Gasteiger partial charge is 0.273 e. The second-order valence-corrected chi connectivity index (χ2v) is 4.64. The number of benzene rings is 1. The van der Waals surface area contributed by atoms with Gasteiger partial charge in [-0.15, -0.1) is 0 Å². The number of carbonyl (C=O) groups is 2. The van der Waals surface area contributed by atoms with Gasteiger partial charge in [0.1, 0.15) is 5.82 Å². The summed E-state index contributed by atoms with van der Waals surface area (Å²) >= 11 is 0. The minimum atomic E-state index is -0.412. The monoisotopic (exact) mass is 290 g/mol. The van der Waals surface area contributed by atoms with Gasteiger partial charge in [0.2, 0.25) is 11.8 Å². The highest BCUT2D eigenvalue weighted by Crippen LogP contribution is 2.13. The average Bonchev–Trinajstić information content (AvgIpc) is 2.78. The van der Waals surface area contributed by atoms with Crippen molar-refractivity contribution in [3.05, 3.63) is 35.6 Å². The first-order valence-corrected chi connectivity index (χ1v) is 6.48. The first kappa shape index (κ1) is 14.8. The zero-order valence-corrected chi connectivity index (χ0v) is 11.5. The van der Waals surface area contributed by atoms with Crippen molar-refractivity contribution in [1.82, 2.24) is 10.9 Å². The van der Waals surface area contributed by atoms with E-state index < -0.39 is 5.82 Å². The Morgan fingerprint density at radius 3 is 2.95 bits per heavy atom. The van der Waals surface area contributed by atoms with Crippen LogP contribution in [0.15, 0.2) is 34.5 Å². The summed E-state index contributed by atoms with van der Waals surface area (Å²) in [6.07, 6.45) is 1.74. The first-order chi connectivity index (χ1) is 10.1. The van der Waals surface area contributed by atoms with Gasteiger partial charge in [0.15, 0.2) is 0 Å². The number of hydrogen-bond acceptors (Lipinski definition) is 4. The van der Waals surface area contributed by atoms with Crippen LogP contribution < -0.4 is 10.9 Å². The lowest BCUT2D eigenvalue weighted by Crippen LogP contribution is -2.25. The Kier molecular flexibility index (Phi) is 4.76. The Bertz CT molecular complexity index is 613. The third-order valence-electron chi connectivity index (χ3n) is 3.12. The summed E-state index contributed by atoms with van der Waals surface area (Å²) in [7, 11) is 0. The highest BCUT2D eigenvalue weighted by atomic mass is 19.1. The van der Waals surface area contributed by atoms with Crippen LogP contribution in [-0.2, 0) is 9.59 Å². The van der Waals surface area contributed by atoms with Gasteiger partial charge in [-0.05, 0) is 19.4 Å². The van der Waals surface area contributed by atoms with Gasteiger partial charge in [-0.1, -0.05) is 18.2 Å². The number of hydrazone groups is 2. The van der Waals surface area contributed by atoms with Crippen molar-refractivity contribution in [3.8, 4) is 0 Å². The number of amides is 2. The molecule has 110 valence electrons. The van der Waals surface area contributed by atoms with Gasteiger partial charge in [0.25, 0.3) is 0 Å². The molecule has 7 heteroatoms. The van der Waals surface area contributed by atoms with Crippen LogP contribution in [0.1, 0.15) is 25.3 Å². The lowest BCUT2D eigenvalue weighted by molar-refractivity contribution is -0.123. The topological polar surface area (TPSA) is 82.9 Å². The van der Waals surface area contributed by atoms with E-state index in [1.54, 1.807) is 25.1 Å². The zero-order chi connectivity index (χ0) is 15.2. The third-order valence-corrected chi connectivity index (χ3v) is 3.12. The molecule has 0 radical (unpaired) electrons. The highest BCUT2D eigenvalue weighted by Gasteiger charge is 2.26. The smallest absolute Gasteiger partial charge is 0.248 e. The summed E-state index contributed by atoms with van der Waals surface area (Å²) < 4.78 is 13.3. The van der Waals surface area contributed by atoms with Crippen molar-refractivity contribution in [3.63, 3.8) is 0 Å². The molecule has 2 rings (SSSR count). The van der Waals surface area contributed by atoms with Crippen molar-refractivity contribution in [2.24, 2.45) is 16.1 Å².